The molecule has 1 aromatic carbocycles. The molecule has 1 fully saturated rings. The molecule has 1 N–H and O–H groups in total. The zero-order chi connectivity index (χ0) is 14.4. The van der Waals surface area contributed by atoms with Gasteiger partial charge in [0.1, 0.15) is 5.82 Å². The molecule has 0 aromatic heterocycles. The van der Waals surface area contributed by atoms with E-state index < -0.39 is 11.6 Å². The number of carbonyl (C=O) groups excluding carboxylic acids is 1. The summed E-state index contributed by atoms with van der Waals surface area (Å²) < 4.78 is 36.2. The second kappa shape index (κ2) is 7.19. The average molecular weight is 285 g/mol. The third kappa shape index (κ3) is 4.45. The molecule has 0 bridgehead atoms. The van der Waals surface area contributed by atoms with E-state index in [-0.39, 0.29) is 18.3 Å². The first kappa shape index (κ1) is 14.7. The maximum atomic E-state index is 13.2. The average Bonchev–Trinajstić information content (AvgIpc) is 2.91. The number of rotatable bonds is 6. The fourth-order valence-electron chi connectivity index (χ4n) is 2.01. The zero-order valence-electron chi connectivity index (χ0n) is 11.0. The van der Waals surface area contributed by atoms with Crippen molar-refractivity contribution in [2.45, 2.75) is 12.8 Å². The number of nitrogens with one attached hydrogen (secondary N) is 1. The Hall–Kier alpha value is -1.69. The summed E-state index contributed by atoms with van der Waals surface area (Å²) in [5.41, 5.74) is 0. The summed E-state index contributed by atoms with van der Waals surface area (Å²) in [7, 11) is 0. The molecule has 6 heteroatoms. The number of ether oxygens (including phenoxy) is 2. The summed E-state index contributed by atoms with van der Waals surface area (Å²) in [4.78, 5) is 11.5. The van der Waals surface area contributed by atoms with E-state index in [4.69, 9.17) is 9.47 Å². The monoisotopic (exact) mass is 285 g/mol. The highest BCUT2D eigenvalue weighted by Gasteiger charge is 2.15. The largest absolute Gasteiger partial charge is 0.481 e. The van der Waals surface area contributed by atoms with Gasteiger partial charge in [-0.3, -0.25) is 4.79 Å². The van der Waals surface area contributed by atoms with Gasteiger partial charge in [-0.05, 0) is 30.9 Å². The first-order valence-corrected chi connectivity index (χ1v) is 6.57. The predicted octanol–water partition coefficient (Wildman–Crippen LogP) is 1.89. The molecule has 0 aliphatic carbocycles. The Balaban J connectivity index is 1.66. The van der Waals surface area contributed by atoms with Crippen molar-refractivity contribution in [1.82, 2.24) is 5.32 Å². The highest BCUT2D eigenvalue weighted by atomic mass is 19.1. The van der Waals surface area contributed by atoms with Crippen LogP contribution in [0.3, 0.4) is 0 Å². The van der Waals surface area contributed by atoms with Crippen molar-refractivity contribution in [3.05, 3.63) is 29.8 Å². The molecule has 4 nitrogen and oxygen atoms in total. The molecular weight excluding hydrogens is 268 g/mol. The second-order valence-corrected chi connectivity index (χ2v) is 4.73. The van der Waals surface area contributed by atoms with Crippen LogP contribution < -0.4 is 10.1 Å². The normalized spacial score (nSPS) is 18.0. The summed E-state index contributed by atoms with van der Waals surface area (Å²) in [5.74, 6) is -1.47. The van der Waals surface area contributed by atoms with Crippen molar-refractivity contribution >= 4 is 5.91 Å². The number of benzene rings is 1. The van der Waals surface area contributed by atoms with Crippen LogP contribution in [0.1, 0.15) is 12.8 Å². The minimum absolute atomic E-state index is 0.134. The highest BCUT2D eigenvalue weighted by molar-refractivity contribution is 5.77. The zero-order valence-corrected chi connectivity index (χ0v) is 11.0. The SMILES string of the molecule is O=C(COc1ccc(F)cc1F)NCC[C@H]1CCOC1. The van der Waals surface area contributed by atoms with E-state index >= 15 is 0 Å². The van der Waals surface area contributed by atoms with Crippen molar-refractivity contribution in [3.63, 3.8) is 0 Å². The van der Waals surface area contributed by atoms with E-state index in [0.29, 0.717) is 18.5 Å². The standard InChI is InChI=1S/C14H17F2NO3/c15-11-1-2-13(12(16)7-11)20-9-14(18)17-5-3-10-4-6-19-8-10/h1-2,7,10H,3-6,8-9H2,(H,17,18)/t10-/m0/s1. The van der Waals surface area contributed by atoms with Gasteiger partial charge in [0.2, 0.25) is 0 Å². The molecule has 110 valence electrons. The topological polar surface area (TPSA) is 47.6 Å². The molecule has 0 saturated carbocycles. The predicted molar refractivity (Wildman–Crippen MR) is 68.4 cm³/mol. The lowest BCUT2D eigenvalue weighted by molar-refractivity contribution is -0.123. The van der Waals surface area contributed by atoms with Crippen molar-refractivity contribution in [2.75, 3.05) is 26.4 Å². The molecule has 1 amide bonds. The Morgan fingerprint density at radius 2 is 2.30 bits per heavy atom. The summed E-state index contributed by atoms with van der Waals surface area (Å²) in [6, 6.07) is 2.96. The third-order valence-electron chi connectivity index (χ3n) is 3.15. The molecule has 1 atom stereocenters. The van der Waals surface area contributed by atoms with Crippen molar-refractivity contribution in [2.24, 2.45) is 5.92 Å². The van der Waals surface area contributed by atoms with Crippen LogP contribution in [0.15, 0.2) is 18.2 Å². The number of hydrogen-bond donors (Lipinski definition) is 1. The van der Waals surface area contributed by atoms with Crippen molar-refractivity contribution in [1.29, 1.82) is 0 Å². The van der Waals surface area contributed by atoms with Gasteiger partial charge in [0.05, 0.1) is 0 Å². The minimum Gasteiger partial charge on any atom is -0.481 e. The van der Waals surface area contributed by atoms with Gasteiger partial charge in [-0.25, -0.2) is 8.78 Å². The van der Waals surface area contributed by atoms with Crippen LogP contribution in [-0.2, 0) is 9.53 Å². The first-order chi connectivity index (χ1) is 9.65. The molecule has 2 rings (SSSR count). The Bertz CT molecular complexity index is 462. The van der Waals surface area contributed by atoms with Gasteiger partial charge in [-0.1, -0.05) is 0 Å². The molecule has 0 unspecified atom stereocenters. The molecule has 1 aromatic rings. The van der Waals surface area contributed by atoms with Gasteiger partial charge in [-0.15, -0.1) is 0 Å². The summed E-state index contributed by atoms with van der Waals surface area (Å²) in [6.07, 6.45) is 1.88. The number of halogens is 2. The van der Waals surface area contributed by atoms with Crippen molar-refractivity contribution in [3.8, 4) is 5.75 Å². The maximum absolute atomic E-state index is 13.2. The minimum atomic E-state index is -0.819. The van der Waals surface area contributed by atoms with E-state index in [0.717, 1.165) is 38.2 Å². The molecular formula is C14H17F2NO3. The Labute approximate surface area is 116 Å². The van der Waals surface area contributed by atoms with Crippen LogP contribution in [0.4, 0.5) is 8.78 Å². The Morgan fingerprint density at radius 3 is 3.00 bits per heavy atom. The van der Waals surface area contributed by atoms with Crippen LogP contribution >= 0.6 is 0 Å². The summed E-state index contributed by atoms with van der Waals surface area (Å²) in [5, 5.41) is 2.69. The van der Waals surface area contributed by atoms with Gasteiger partial charge in [-0.2, -0.15) is 0 Å². The molecule has 0 spiro atoms. The van der Waals surface area contributed by atoms with Crippen LogP contribution in [0.25, 0.3) is 0 Å². The van der Waals surface area contributed by atoms with Gasteiger partial charge in [0.15, 0.2) is 18.2 Å². The smallest absolute Gasteiger partial charge is 0.257 e. The number of hydrogen-bond acceptors (Lipinski definition) is 3. The van der Waals surface area contributed by atoms with Crippen LogP contribution in [0, 0.1) is 17.6 Å². The van der Waals surface area contributed by atoms with E-state index in [1.54, 1.807) is 0 Å². The maximum Gasteiger partial charge on any atom is 0.257 e. The van der Waals surface area contributed by atoms with Crippen molar-refractivity contribution < 1.29 is 23.0 Å². The highest BCUT2D eigenvalue weighted by Crippen LogP contribution is 2.17. The van der Waals surface area contributed by atoms with Gasteiger partial charge in [0.25, 0.3) is 5.91 Å². The molecule has 0 radical (unpaired) electrons. The van der Waals surface area contributed by atoms with E-state index in [9.17, 15) is 13.6 Å². The molecule has 20 heavy (non-hydrogen) atoms. The molecule has 1 aliphatic heterocycles. The molecule has 1 aliphatic rings. The van der Waals surface area contributed by atoms with Gasteiger partial charge in [0, 0.05) is 25.8 Å². The fraction of sp³-hybridized carbons (Fsp3) is 0.500. The number of amides is 1. The summed E-state index contributed by atoms with van der Waals surface area (Å²) >= 11 is 0. The van der Waals surface area contributed by atoms with Crippen LogP contribution in [0.5, 0.6) is 5.75 Å². The lowest BCUT2D eigenvalue weighted by Gasteiger charge is -2.10. The molecule has 1 heterocycles. The fourth-order valence-corrected chi connectivity index (χ4v) is 2.01. The van der Waals surface area contributed by atoms with E-state index in [2.05, 4.69) is 5.32 Å². The lowest BCUT2D eigenvalue weighted by atomic mass is 10.1. The first-order valence-electron chi connectivity index (χ1n) is 6.57. The molecule has 1 saturated heterocycles. The van der Waals surface area contributed by atoms with E-state index in [1.165, 1.54) is 0 Å². The van der Waals surface area contributed by atoms with Gasteiger partial charge >= 0.3 is 0 Å². The Morgan fingerprint density at radius 1 is 1.45 bits per heavy atom. The van der Waals surface area contributed by atoms with Crippen LogP contribution in [-0.4, -0.2) is 32.3 Å². The van der Waals surface area contributed by atoms with Crippen LogP contribution in [0.2, 0.25) is 0 Å². The Kier molecular flexibility index (Phi) is 5.29. The summed E-state index contributed by atoms with van der Waals surface area (Å²) in [6.45, 7) is 1.78. The quantitative estimate of drug-likeness (QED) is 0.868. The third-order valence-corrected chi connectivity index (χ3v) is 3.15. The number of carbonyl (C=O) groups is 1. The van der Waals surface area contributed by atoms with E-state index in [1.807, 2.05) is 0 Å². The second-order valence-electron chi connectivity index (χ2n) is 4.73. The van der Waals surface area contributed by atoms with Gasteiger partial charge < -0.3 is 14.8 Å². The lowest BCUT2D eigenvalue weighted by Crippen LogP contribution is -2.30.